The van der Waals surface area contributed by atoms with Crippen molar-refractivity contribution in [2.75, 3.05) is 19.6 Å². The van der Waals surface area contributed by atoms with E-state index >= 15 is 0 Å². The molecule has 25 heavy (non-hydrogen) atoms. The Labute approximate surface area is 166 Å². The van der Waals surface area contributed by atoms with Crippen LogP contribution in [0.25, 0.3) is 10.9 Å². The lowest BCUT2D eigenvalue weighted by Crippen LogP contribution is -2.43. The van der Waals surface area contributed by atoms with Crippen LogP contribution >= 0.6 is 24.0 Å². The van der Waals surface area contributed by atoms with Crippen molar-refractivity contribution in [2.24, 2.45) is 4.99 Å². The van der Waals surface area contributed by atoms with Crippen molar-refractivity contribution in [3.05, 3.63) is 35.5 Å². The number of guanidine groups is 1. The van der Waals surface area contributed by atoms with Crippen LogP contribution in [0.5, 0.6) is 0 Å². The molecule has 0 bridgehead atoms. The van der Waals surface area contributed by atoms with E-state index in [-0.39, 0.29) is 24.0 Å². The molecule has 1 heterocycles. The number of aliphatic imine (C=N–C) groups is 1. The van der Waals surface area contributed by atoms with Gasteiger partial charge >= 0.3 is 0 Å². The quantitative estimate of drug-likeness (QED) is 0.307. The molecule has 6 heteroatoms. The Hall–Kier alpha value is -1.28. The van der Waals surface area contributed by atoms with Gasteiger partial charge in [0, 0.05) is 30.2 Å². The monoisotopic (exact) mass is 456 g/mol. The summed E-state index contributed by atoms with van der Waals surface area (Å²) in [6.45, 7) is 6.31. The molecule has 0 aliphatic heterocycles. The zero-order chi connectivity index (χ0) is 17.0. The molecular weight excluding hydrogens is 427 g/mol. The van der Waals surface area contributed by atoms with Gasteiger partial charge in [-0.2, -0.15) is 0 Å². The van der Waals surface area contributed by atoms with Crippen LogP contribution < -0.4 is 10.6 Å². The summed E-state index contributed by atoms with van der Waals surface area (Å²) in [7, 11) is 0. The molecule has 0 atom stereocenters. The number of rotatable bonds is 6. The highest BCUT2D eigenvalue weighted by Crippen LogP contribution is 2.31. The van der Waals surface area contributed by atoms with Crippen LogP contribution in [0.4, 0.5) is 0 Å². The van der Waals surface area contributed by atoms with E-state index in [1.807, 2.05) is 0 Å². The number of nitrogens with one attached hydrogen (secondary N) is 3. The third-order valence-corrected chi connectivity index (χ3v) is 4.84. The lowest BCUT2D eigenvalue weighted by atomic mass is 9.80. The predicted molar refractivity (Wildman–Crippen MR) is 115 cm³/mol. The van der Waals surface area contributed by atoms with Gasteiger partial charge in [-0.3, -0.25) is 4.99 Å². The van der Waals surface area contributed by atoms with Crippen molar-refractivity contribution in [1.29, 1.82) is 0 Å². The molecule has 0 amide bonds. The SMILES string of the molecule is CCNC(=NCC1(O)CCC1)NCCc1c[nH]c2cccc(C)c12.I. The standard InChI is InChI=1S/C19H28N4O.HI/c1-3-20-18(23-13-19(24)9-5-10-19)21-11-8-15-12-22-16-7-4-6-14(2)17(15)16;/h4,6-7,12,22,24H,3,5,8-11,13H2,1-2H3,(H2,20,21,23);1H. The van der Waals surface area contributed by atoms with Crippen LogP contribution in [0.2, 0.25) is 0 Å². The fourth-order valence-corrected chi connectivity index (χ4v) is 3.28. The second kappa shape index (κ2) is 8.89. The summed E-state index contributed by atoms with van der Waals surface area (Å²) in [6, 6.07) is 6.35. The average Bonchev–Trinajstić information content (AvgIpc) is 2.95. The summed E-state index contributed by atoms with van der Waals surface area (Å²) in [5.74, 6) is 0.786. The van der Waals surface area contributed by atoms with Crippen molar-refractivity contribution < 1.29 is 5.11 Å². The Bertz CT molecular complexity index is 721. The smallest absolute Gasteiger partial charge is 0.191 e. The molecule has 5 nitrogen and oxygen atoms in total. The second-order valence-corrected chi connectivity index (χ2v) is 6.76. The number of benzene rings is 1. The number of aromatic amines is 1. The molecule has 0 saturated heterocycles. The van der Waals surface area contributed by atoms with Crippen LogP contribution in [0, 0.1) is 6.92 Å². The third kappa shape index (κ3) is 4.88. The first-order chi connectivity index (χ1) is 11.6. The molecule has 1 aromatic heterocycles. The first-order valence-corrected chi connectivity index (χ1v) is 8.91. The molecule has 1 aliphatic carbocycles. The number of aliphatic hydroxyl groups is 1. The van der Waals surface area contributed by atoms with Gasteiger partial charge in [0.1, 0.15) is 0 Å². The van der Waals surface area contributed by atoms with Crippen molar-refractivity contribution in [3.63, 3.8) is 0 Å². The zero-order valence-electron chi connectivity index (χ0n) is 15.1. The van der Waals surface area contributed by atoms with E-state index in [1.165, 1.54) is 22.0 Å². The molecule has 3 rings (SSSR count). The van der Waals surface area contributed by atoms with Gasteiger partial charge in [-0.25, -0.2) is 0 Å². The van der Waals surface area contributed by atoms with Gasteiger partial charge in [0.05, 0.1) is 12.1 Å². The van der Waals surface area contributed by atoms with Crippen molar-refractivity contribution in [2.45, 2.75) is 45.1 Å². The van der Waals surface area contributed by atoms with Crippen LogP contribution in [0.3, 0.4) is 0 Å². The van der Waals surface area contributed by atoms with E-state index < -0.39 is 5.60 Å². The molecule has 0 unspecified atom stereocenters. The summed E-state index contributed by atoms with van der Waals surface area (Å²) in [5, 5.41) is 18.1. The highest BCUT2D eigenvalue weighted by Gasteiger charge is 2.34. The number of H-pyrrole nitrogens is 1. The van der Waals surface area contributed by atoms with Crippen molar-refractivity contribution in [3.8, 4) is 0 Å². The molecule has 1 aliphatic rings. The molecular formula is C19H29IN4O. The minimum Gasteiger partial charge on any atom is -0.388 e. The van der Waals surface area contributed by atoms with Gasteiger partial charge in [0.15, 0.2) is 5.96 Å². The lowest BCUT2D eigenvalue weighted by Gasteiger charge is -2.35. The van der Waals surface area contributed by atoms with E-state index in [4.69, 9.17) is 0 Å². The van der Waals surface area contributed by atoms with Crippen molar-refractivity contribution in [1.82, 2.24) is 15.6 Å². The molecule has 1 aromatic carbocycles. The molecule has 2 aromatic rings. The highest BCUT2D eigenvalue weighted by molar-refractivity contribution is 14.0. The van der Waals surface area contributed by atoms with Gasteiger partial charge in [-0.1, -0.05) is 12.1 Å². The maximum atomic E-state index is 10.2. The maximum Gasteiger partial charge on any atom is 0.191 e. The number of fused-ring (bicyclic) bond motifs is 1. The number of halogens is 1. The largest absolute Gasteiger partial charge is 0.388 e. The van der Waals surface area contributed by atoms with E-state index in [9.17, 15) is 5.11 Å². The van der Waals surface area contributed by atoms with Gasteiger partial charge < -0.3 is 20.7 Å². The van der Waals surface area contributed by atoms with E-state index in [0.717, 1.165) is 44.7 Å². The van der Waals surface area contributed by atoms with Crippen LogP contribution in [0.15, 0.2) is 29.4 Å². The van der Waals surface area contributed by atoms with Crippen LogP contribution in [-0.2, 0) is 6.42 Å². The predicted octanol–water partition coefficient (Wildman–Crippen LogP) is 3.11. The molecule has 1 saturated carbocycles. The molecule has 4 N–H and O–H groups in total. The summed E-state index contributed by atoms with van der Waals surface area (Å²) in [6.07, 6.45) is 5.87. The Kier molecular flexibility index (Phi) is 7.13. The van der Waals surface area contributed by atoms with Gasteiger partial charge in [-0.05, 0) is 56.7 Å². The summed E-state index contributed by atoms with van der Waals surface area (Å²) < 4.78 is 0. The van der Waals surface area contributed by atoms with E-state index in [0.29, 0.717) is 6.54 Å². The second-order valence-electron chi connectivity index (χ2n) is 6.76. The highest BCUT2D eigenvalue weighted by atomic mass is 127. The number of aromatic nitrogens is 1. The van der Waals surface area contributed by atoms with Crippen LogP contribution in [0.1, 0.15) is 37.3 Å². The van der Waals surface area contributed by atoms with Gasteiger partial charge in [0.25, 0.3) is 0 Å². The number of aryl methyl sites for hydroxylation is 1. The lowest BCUT2D eigenvalue weighted by molar-refractivity contribution is -0.0236. The topological polar surface area (TPSA) is 72.4 Å². The Morgan fingerprint density at radius 1 is 1.32 bits per heavy atom. The number of nitrogens with zero attached hydrogens (tertiary/aromatic N) is 1. The minimum absolute atomic E-state index is 0. The number of hydrogen-bond donors (Lipinski definition) is 4. The molecule has 138 valence electrons. The average molecular weight is 456 g/mol. The summed E-state index contributed by atoms with van der Waals surface area (Å²) >= 11 is 0. The van der Waals surface area contributed by atoms with Crippen molar-refractivity contribution >= 4 is 40.8 Å². The maximum absolute atomic E-state index is 10.2. The Morgan fingerprint density at radius 3 is 2.80 bits per heavy atom. The third-order valence-electron chi connectivity index (χ3n) is 4.84. The zero-order valence-corrected chi connectivity index (χ0v) is 17.4. The van der Waals surface area contributed by atoms with E-state index in [2.05, 4.69) is 58.9 Å². The first kappa shape index (κ1) is 20.0. The summed E-state index contributed by atoms with van der Waals surface area (Å²) in [4.78, 5) is 7.89. The molecule has 0 radical (unpaired) electrons. The van der Waals surface area contributed by atoms with Gasteiger partial charge in [0.2, 0.25) is 0 Å². The first-order valence-electron chi connectivity index (χ1n) is 8.91. The molecule has 0 spiro atoms. The van der Waals surface area contributed by atoms with Crippen LogP contribution in [-0.4, -0.2) is 41.3 Å². The van der Waals surface area contributed by atoms with Gasteiger partial charge in [-0.15, -0.1) is 24.0 Å². The molecule has 1 fully saturated rings. The normalized spacial score (nSPS) is 16.2. The van der Waals surface area contributed by atoms with E-state index in [1.54, 1.807) is 0 Å². The summed E-state index contributed by atoms with van der Waals surface area (Å²) in [5.41, 5.74) is 3.24. The number of hydrogen-bond acceptors (Lipinski definition) is 2. The fraction of sp³-hybridized carbons (Fsp3) is 0.526. The Balaban J connectivity index is 0.00000225. The Morgan fingerprint density at radius 2 is 2.12 bits per heavy atom. The minimum atomic E-state index is -0.573. The fourth-order valence-electron chi connectivity index (χ4n) is 3.28.